The molecule has 3 rings (SSSR count). The minimum absolute atomic E-state index is 0.150. The van der Waals surface area contributed by atoms with Gasteiger partial charge in [0.1, 0.15) is 5.69 Å². The lowest BCUT2D eigenvalue weighted by Gasteiger charge is -2.12. The molecule has 33 heavy (non-hydrogen) atoms. The summed E-state index contributed by atoms with van der Waals surface area (Å²) in [4.78, 5) is 12.8. The van der Waals surface area contributed by atoms with E-state index < -0.39 is 14.9 Å². The van der Waals surface area contributed by atoms with Gasteiger partial charge in [0.2, 0.25) is 10.0 Å². The molecular weight excluding hydrogens is 444 g/mol. The van der Waals surface area contributed by atoms with Crippen LogP contribution < -0.4 is 10.0 Å². The number of nitro benzene ring substituents is 1. The normalized spacial score (nSPS) is 11.7. The molecule has 0 atom stereocenters. The average Bonchev–Trinajstić information content (AvgIpc) is 3.05. The Morgan fingerprint density at radius 2 is 1.82 bits per heavy atom. The highest BCUT2D eigenvalue weighted by Crippen LogP contribution is 2.29. The van der Waals surface area contributed by atoms with E-state index in [9.17, 15) is 18.5 Å². The minimum Gasteiger partial charge on any atom is -0.375 e. The van der Waals surface area contributed by atoms with E-state index in [4.69, 9.17) is 0 Å². The van der Waals surface area contributed by atoms with E-state index in [-0.39, 0.29) is 22.8 Å². The third-order valence-corrected chi connectivity index (χ3v) is 6.68. The number of anilines is 1. The van der Waals surface area contributed by atoms with Gasteiger partial charge >= 0.3 is 0 Å². The Kier molecular flexibility index (Phi) is 7.46. The SMILES string of the molecule is Cc1nn(-c2ccccc2)c(C)c1CNc1ccc(S(=O)(=O)NCCN(C)C)cc1[N+](=O)[O-]. The lowest BCUT2D eigenvalue weighted by molar-refractivity contribution is -0.384. The Morgan fingerprint density at radius 3 is 2.45 bits per heavy atom. The zero-order valence-electron chi connectivity index (χ0n) is 19.1. The molecule has 3 aromatic rings. The first-order valence-corrected chi connectivity index (χ1v) is 11.9. The highest BCUT2D eigenvalue weighted by atomic mass is 32.2. The van der Waals surface area contributed by atoms with Gasteiger partial charge in [-0.3, -0.25) is 10.1 Å². The van der Waals surface area contributed by atoms with E-state index in [1.54, 1.807) is 0 Å². The molecule has 1 heterocycles. The van der Waals surface area contributed by atoms with Crippen molar-refractivity contribution in [1.82, 2.24) is 19.4 Å². The van der Waals surface area contributed by atoms with Crippen molar-refractivity contribution in [2.45, 2.75) is 25.3 Å². The Labute approximate surface area is 193 Å². The highest BCUT2D eigenvalue weighted by Gasteiger charge is 2.22. The van der Waals surface area contributed by atoms with Crippen molar-refractivity contribution in [1.29, 1.82) is 0 Å². The molecular formula is C22H28N6O4S. The van der Waals surface area contributed by atoms with E-state index in [0.29, 0.717) is 13.1 Å². The van der Waals surface area contributed by atoms with Gasteiger partial charge in [-0.25, -0.2) is 17.8 Å². The first-order chi connectivity index (χ1) is 15.6. The summed E-state index contributed by atoms with van der Waals surface area (Å²) in [6.07, 6.45) is 0. The van der Waals surface area contributed by atoms with Gasteiger partial charge in [0.25, 0.3) is 5.69 Å². The number of hydrogen-bond acceptors (Lipinski definition) is 7. The largest absolute Gasteiger partial charge is 0.375 e. The molecule has 1 aromatic heterocycles. The van der Waals surface area contributed by atoms with Gasteiger partial charge < -0.3 is 10.2 Å². The van der Waals surface area contributed by atoms with Crippen LogP contribution in [0.25, 0.3) is 5.69 Å². The quantitative estimate of drug-likeness (QED) is 0.344. The van der Waals surface area contributed by atoms with Crippen LogP contribution in [0.3, 0.4) is 0 Å². The second kappa shape index (κ2) is 10.1. The number of sulfonamides is 1. The van der Waals surface area contributed by atoms with Gasteiger partial charge in [0, 0.05) is 37.0 Å². The van der Waals surface area contributed by atoms with Gasteiger partial charge in [-0.2, -0.15) is 5.10 Å². The molecule has 0 fully saturated rings. The van der Waals surface area contributed by atoms with Crippen molar-refractivity contribution in [2.75, 3.05) is 32.5 Å². The van der Waals surface area contributed by atoms with Gasteiger partial charge in [0.05, 0.1) is 21.2 Å². The zero-order valence-corrected chi connectivity index (χ0v) is 19.9. The maximum absolute atomic E-state index is 12.5. The molecule has 0 bridgehead atoms. The second-order valence-electron chi connectivity index (χ2n) is 7.89. The van der Waals surface area contributed by atoms with E-state index >= 15 is 0 Å². The number of aromatic nitrogens is 2. The molecule has 0 aliphatic rings. The van der Waals surface area contributed by atoms with Gasteiger partial charge in [-0.15, -0.1) is 0 Å². The second-order valence-corrected chi connectivity index (χ2v) is 9.65. The molecule has 0 aliphatic heterocycles. The van der Waals surface area contributed by atoms with Crippen LogP contribution in [-0.4, -0.2) is 55.2 Å². The summed E-state index contributed by atoms with van der Waals surface area (Å²) < 4.78 is 29.3. The number of nitro groups is 1. The number of nitrogens with zero attached hydrogens (tertiary/aromatic N) is 4. The van der Waals surface area contributed by atoms with E-state index in [2.05, 4.69) is 15.1 Å². The Balaban J connectivity index is 1.82. The topological polar surface area (TPSA) is 122 Å². The summed E-state index contributed by atoms with van der Waals surface area (Å²) in [7, 11) is -0.207. The molecule has 0 radical (unpaired) electrons. The smallest absolute Gasteiger partial charge is 0.293 e. The van der Waals surface area contributed by atoms with Crippen molar-refractivity contribution in [3.63, 3.8) is 0 Å². The summed E-state index contributed by atoms with van der Waals surface area (Å²) in [5.41, 5.74) is 3.48. The molecule has 2 N–H and O–H groups in total. The number of para-hydroxylation sites is 1. The van der Waals surface area contributed by atoms with Crippen LogP contribution in [-0.2, 0) is 16.6 Å². The van der Waals surface area contributed by atoms with Crippen molar-refractivity contribution < 1.29 is 13.3 Å². The van der Waals surface area contributed by atoms with E-state index in [0.717, 1.165) is 28.7 Å². The van der Waals surface area contributed by atoms with Crippen LogP contribution in [0.1, 0.15) is 17.0 Å². The Bertz CT molecular complexity index is 1240. The monoisotopic (exact) mass is 472 g/mol. The van der Waals surface area contributed by atoms with Gasteiger partial charge in [0.15, 0.2) is 0 Å². The summed E-state index contributed by atoms with van der Waals surface area (Å²) in [6, 6.07) is 13.5. The molecule has 10 nitrogen and oxygen atoms in total. The predicted octanol–water partition coefficient (Wildman–Crippen LogP) is 2.85. The number of benzene rings is 2. The predicted molar refractivity (Wildman–Crippen MR) is 127 cm³/mol. The van der Waals surface area contributed by atoms with Crippen molar-refractivity contribution >= 4 is 21.4 Å². The lowest BCUT2D eigenvalue weighted by atomic mass is 10.2. The van der Waals surface area contributed by atoms with Crippen LogP contribution in [0.15, 0.2) is 53.4 Å². The van der Waals surface area contributed by atoms with E-state index in [1.807, 2.05) is 67.9 Å². The number of nitrogens with one attached hydrogen (secondary N) is 2. The van der Waals surface area contributed by atoms with Crippen LogP contribution in [0.4, 0.5) is 11.4 Å². The lowest BCUT2D eigenvalue weighted by Crippen LogP contribution is -2.31. The molecule has 0 aliphatic carbocycles. The van der Waals surface area contributed by atoms with Crippen LogP contribution >= 0.6 is 0 Å². The molecule has 11 heteroatoms. The fraction of sp³-hybridized carbons (Fsp3) is 0.318. The van der Waals surface area contributed by atoms with Gasteiger partial charge in [-0.1, -0.05) is 18.2 Å². The van der Waals surface area contributed by atoms with Crippen LogP contribution in [0, 0.1) is 24.0 Å². The first-order valence-electron chi connectivity index (χ1n) is 10.4. The van der Waals surface area contributed by atoms with Gasteiger partial charge in [-0.05, 0) is 52.2 Å². The molecule has 2 aromatic carbocycles. The third kappa shape index (κ3) is 5.75. The third-order valence-electron chi connectivity index (χ3n) is 5.22. The van der Waals surface area contributed by atoms with Crippen LogP contribution in [0.2, 0.25) is 0 Å². The summed E-state index contributed by atoms with van der Waals surface area (Å²) in [5, 5.41) is 19.3. The molecule has 0 saturated heterocycles. The van der Waals surface area contributed by atoms with Crippen molar-refractivity contribution in [3.8, 4) is 5.69 Å². The fourth-order valence-corrected chi connectivity index (χ4v) is 4.44. The Hall–Kier alpha value is -3.28. The molecule has 0 spiro atoms. The van der Waals surface area contributed by atoms with Crippen LogP contribution in [0.5, 0.6) is 0 Å². The Morgan fingerprint density at radius 1 is 1.12 bits per heavy atom. The van der Waals surface area contributed by atoms with Crippen molar-refractivity contribution in [2.24, 2.45) is 0 Å². The zero-order chi connectivity index (χ0) is 24.2. The maximum atomic E-state index is 12.5. The minimum atomic E-state index is -3.86. The number of aryl methyl sites for hydroxylation is 1. The first kappa shape index (κ1) is 24.4. The summed E-state index contributed by atoms with van der Waals surface area (Å²) in [5.74, 6) is 0. The average molecular weight is 473 g/mol. The molecule has 0 unspecified atom stereocenters. The highest BCUT2D eigenvalue weighted by molar-refractivity contribution is 7.89. The number of rotatable bonds is 10. The van der Waals surface area contributed by atoms with E-state index in [1.165, 1.54) is 12.1 Å². The number of hydrogen-bond donors (Lipinski definition) is 2. The number of likely N-dealkylation sites (N-methyl/N-ethyl adjacent to an activating group) is 1. The van der Waals surface area contributed by atoms with Crippen molar-refractivity contribution in [3.05, 3.63) is 75.6 Å². The summed E-state index contributed by atoms with van der Waals surface area (Å²) >= 11 is 0. The fourth-order valence-electron chi connectivity index (χ4n) is 3.40. The standard InChI is InChI=1S/C22H28N6O4S/c1-16-20(17(2)27(25-16)18-8-6-5-7-9-18)15-23-21-11-10-19(14-22(21)28(29)30)33(31,32)24-12-13-26(3)4/h5-11,14,23-24H,12-13,15H2,1-4H3. The molecule has 0 saturated carbocycles. The molecule has 0 amide bonds. The maximum Gasteiger partial charge on any atom is 0.293 e. The summed E-state index contributed by atoms with van der Waals surface area (Å²) in [6.45, 7) is 4.84. The molecule has 176 valence electrons.